The summed E-state index contributed by atoms with van der Waals surface area (Å²) >= 11 is 0. The first-order valence-electron chi connectivity index (χ1n) is 8.46. The Morgan fingerprint density at radius 2 is 1.62 bits per heavy atom. The lowest BCUT2D eigenvalue weighted by Crippen LogP contribution is -2.54. The smallest absolute Gasteiger partial charge is 0.0339 e. The molecular weight excluding hydrogens is 256 g/mol. The molecule has 1 aliphatic carbocycles. The van der Waals surface area contributed by atoms with Crippen molar-refractivity contribution in [3.8, 4) is 0 Å². The number of fused-ring (bicyclic) bond motifs is 1. The van der Waals surface area contributed by atoms with Crippen LogP contribution in [0, 0.1) is 11.3 Å². The second kappa shape index (κ2) is 5.40. The minimum atomic E-state index is 0.237. The molecule has 21 heavy (non-hydrogen) atoms. The van der Waals surface area contributed by atoms with Crippen molar-refractivity contribution in [3.05, 3.63) is 35.4 Å². The zero-order valence-electron chi connectivity index (χ0n) is 13.9. The molecule has 1 fully saturated rings. The fraction of sp³-hybridized carbons (Fsp3) is 0.684. The van der Waals surface area contributed by atoms with Crippen LogP contribution in [0.2, 0.25) is 0 Å². The minimum Gasteiger partial charge on any atom is -0.329 e. The van der Waals surface area contributed by atoms with E-state index in [0.29, 0.717) is 5.41 Å². The van der Waals surface area contributed by atoms with Crippen molar-refractivity contribution in [2.24, 2.45) is 17.1 Å². The van der Waals surface area contributed by atoms with Crippen LogP contribution >= 0.6 is 0 Å². The molecule has 0 atom stereocenters. The number of nitrogens with two attached hydrogens (primary N) is 1. The van der Waals surface area contributed by atoms with Crippen molar-refractivity contribution >= 4 is 0 Å². The lowest BCUT2D eigenvalue weighted by molar-refractivity contribution is 0.0181. The Hall–Kier alpha value is -0.860. The Morgan fingerprint density at radius 1 is 1.10 bits per heavy atom. The quantitative estimate of drug-likeness (QED) is 0.892. The highest BCUT2D eigenvalue weighted by Gasteiger charge is 2.43. The highest BCUT2D eigenvalue weighted by molar-refractivity contribution is 5.31. The second-order valence-corrected chi connectivity index (χ2v) is 8.19. The van der Waals surface area contributed by atoms with Crippen LogP contribution in [0.5, 0.6) is 0 Å². The van der Waals surface area contributed by atoms with Gasteiger partial charge in [0.1, 0.15) is 0 Å². The number of benzene rings is 1. The fourth-order valence-corrected chi connectivity index (χ4v) is 4.34. The van der Waals surface area contributed by atoms with Gasteiger partial charge in [0, 0.05) is 25.2 Å². The van der Waals surface area contributed by atoms with Crippen molar-refractivity contribution in [1.29, 1.82) is 0 Å². The van der Waals surface area contributed by atoms with Gasteiger partial charge in [0.05, 0.1) is 0 Å². The van der Waals surface area contributed by atoms with E-state index in [1.165, 1.54) is 36.8 Å². The van der Waals surface area contributed by atoms with Crippen LogP contribution in [0.3, 0.4) is 0 Å². The van der Waals surface area contributed by atoms with Crippen LogP contribution in [-0.2, 0) is 13.1 Å². The van der Waals surface area contributed by atoms with Crippen molar-refractivity contribution in [2.75, 3.05) is 6.54 Å². The van der Waals surface area contributed by atoms with Gasteiger partial charge in [-0.05, 0) is 48.1 Å². The summed E-state index contributed by atoms with van der Waals surface area (Å²) in [5.41, 5.74) is 9.95. The van der Waals surface area contributed by atoms with E-state index in [0.717, 1.165) is 25.6 Å². The lowest BCUT2D eigenvalue weighted by atomic mass is 9.67. The van der Waals surface area contributed by atoms with Crippen molar-refractivity contribution in [3.63, 3.8) is 0 Å². The van der Waals surface area contributed by atoms with E-state index in [4.69, 9.17) is 5.73 Å². The van der Waals surface area contributed by atoms with Gasteiger partial charge in [-0.3, -0.25) is 4.90 Å². The van der Waals surface area contributed by atoms with Crippen molar-refractivity contribution < 1.29 is 0 Å². The summed E-state index contributed by atoms with van der Waals surface area (Å²) in [5.74, 6) is 0.849. The SMILES string of the molecule is CC(C)(C)C1CCC(CN)(N2Cc3ccccc3C2)CC1. The zero-order valence-corrected chi connectivity index (χ0v) is 13.9. The first-order chi connectivity index (χ1) is 9.94. The summed E-state index contributed by atoms with van der Waals surface area (Å²) in [7, 11) is 0. The maximum absolute atomic E-state index is 6.27. The molecule has 0 radical (unpaired) electrons. The van der Waals surface area contributed by atoms with Crippen molar-refractivity contribution in [2.45, 2.75) is 65.1 Å². The first-order valence-corrected chi connectivity index (χ1v) is 8.46. The van der Waals surface area contributed by atoms with E-state index in [2.05, 4.69) is 49.9 Å². The largest absolute Gasteiger partial charge is 0.329 e. The molecular formula is C19H30N2. The molecule has 0 spiro atoms. The number of rotatable bonds is 2. The van der Waals surface area contributed by atoms with Crippen LogP contribution in [0.25, 0.3) is 0 Å². The Bertz CT molecular complexity index is 468. The van der Waals surface area contributed by atoms with E-state index < -0.39 is 0 Å². The van der Waals surface area contributed by atoms with Crippen LogP contribution in [0.15, 0.2) is 24.3 Å². The topological polar surface area (TPSA) is 29.3 Å². The van der Waals surface area contributed by atoms with Gasteiger partial charge in [-0.1, -0.05) is 45.0 Å². The maximum atomic E-state index is 6.27. The Kier molecular flexibility index (Phi) is 3.87. The number of hydrogen-bond donors (Lipinski definition) is 1. The highest BCUT2D eigenvalue weighted by atomic mass is 15.2. The van der Waals surface area contributed by atoms with Gasteiger partial charge in [-0.25, -0.2) is 0 Å². The predicted octanol–water partition coefficient (Wildman–Crippen LogP) is 3.94. The van der Waals surface area contributed by atoms with E-state index in [1.54, 1.807) is 0 Å². The summed E-state index contributed by atoms with van der Waals surface area (Å²) in [5, 5.41) is 0. The fourth-order valence-electron chi connectivity index (χ4n) is 4.34. The Labute approximate surface area is 129 Å². The third kappa shape index (κ3) is 2.76. The maximum Gasteiger partial charge on any atom is 0.0339 e. The van der Waals surface area contributed by atoms with Gasteiger partial charge in [-0.2, -0.15) is 0 Å². The molecule has 2 nitrogen and oxygen atoms in total. The van der Waals surface area contributed by atoms with Gasteiger partial charge < -0.3 is 5.73 Å². The van der Waals surface area contributed by atoms with Gasteiger partial charge in [0.25, 0.3) is 0 Å². The predicted molar refractivity (Wildman–Crippen MR) is 88.9 cm³/mol. The summed E-state index contributed by atoms with van der Waals surface area (Å²) < 4.78 is 0. The highest BCUT2D eigenvalue weighted by Crippen LogP contribution is 2.45. The molecule has 0 amide bonds. The van der Waals surface area contributed by atoms with Crippen molar-refractivity contribution in [1.82, 2.24) is 4.90 Å². The van der Waals surface area contributed by atoms with Crippen LogP contribution in [0.4, 0.5) is 0 Å². The number of hydrogen-bond acceptors (Lipinski definition) is 2. The Balaban J connectivity index is 1.73. The first kappa shape index (κ1) is 15.1. The van der Waals surface area contributed by atoms with Gasteiger partial charge in [0.15, 0.2) is 0 Å². The molecule has 1 aromatic carbocycles. The average molecular weight is 286 g/mol. The average Bonchev–Trinajstić information content (AvgIpc) is 2.91. The molecule has 0 unspecified atom stereocenters. The third-order valence-electron chi connectivity index (χ3n) is 6.03. The second-order valence-electron chi connectivity index (χ2n) is 8.19. The van der Waals surface area contributed by atoms with E-state index >= 15 is 0 Å². The molecule has 3 rings (SSSR count). The van der Waals surface area contributed by atoms with Gasteiger partial charge in [0.2, 0.25) is 0 Å². The van der Waals surface area contributed by atoms with E-state index in [-0.39, 0.29) is 5.54 Å². The molecule has 1 saturated carbocycles. The molecule has 1 heterocycles. The van der Waals surface area contributed by atoms with Crippen LogP contribution < -0.4 is 5.73 Å². The summed E-state index contributed by atoms with van der Waals surface area (Å²) in [6.45, 7) is 10.1. The molecule has 1 aliphatic heterocycles. The summed E-state index contributed by atoms with van der Waals surface area (Å²) in [6.07, 6.45) is 5.18. The standard InChI is InChI=1S/C19H30N2/c1-18(2,3)17-8-10-19(14-20,11-9-17)21-12-15-6-4-5-7-16(15)13-21/h4-7,17H,8-14,20H2,1-3H3. The summed E-state index contributed by atoms with van der Waals surface area (Å²) in [6, 6.07) is 8.88. The monoisotopic (exact) mass is 286 g/mol. The molecule has 0 aromatic heterocycles. The zero-order chi connectivity index (χ0) is 15.1. The lowest BCUT2D eigenvalue weighted by Gasteiger charge is -2.48. The normalized spacial score (nSPS) is 30.4. The molecule has 0 bridgehead atoms. The molecule has 2 heteroatoms. The van der Waals surface area contributed by atoms with E-state index in [9.17, 15) is 0 Å². The molecule has 2 aliphatic rings. The molecule has 1 aromatic rings. The van der Waals surface area contributed by atoms with Crippen LogP contribution in [0.1, 0.15) is 57.6 Å². The number of nitrogens with zero attached hydrogens (tertiary/aromatic N) is 1. The van der Waals surface area contributed by atoms with Gasteiger partial charge in [-0.15, -0.1) is 0 Å². The third-order valence-corrected chi connectivity index (χ3v) is 6.03. The molecule has 0 saturated heterocycles. The molecule has 116 valence electrons. The summed E-state index contributed by atoms with van der Waals surface area (Å²) in [4.78, 5) is 2.66. The van der Waals surface area contributed by atoms with Crippen LogP contribution in [-0.4, -0.2) is 17.0 Å². The molecule has 2 N–H and O–H groups in total. The Morgan fingerprint density at radius 3 is 2.05 bits per heavy atom. The van der Waals surface area contributed by atoms with Gasteiger partial charge >= 0.3 is 0 Å². The minimum absolute atomic E-state index is 0.237. The van der Waals surface area contributed by atoms with E-state index in [1.807, 2.05) is 0 Å².